The third-order valence-electron chi connectivity index (χ3n) is 6.13. The molecular formula is C29H22O4Se. The number of hydrogen-bond donors (Lipinski definition) is 1. The molecule has 0 radical (unpaired) electrons. The van der Waals surface area contributed by atoms with Gasteiger partial charge >= 0.3 is 199 Å². The van der Waals surface area contributed by atoms with Crippen molar-refractivity contribution < 1.29 is 19.3 Å². The van der Waals surface area contributed by atoms with Crippen LogP contribution in [0.15, 0.2) is 103 Å². The summed E-state index contributed by atoms with van der Waals surface area (Å²) in [4.78, 5) is 0. The number of ether oxygens (including phenoxy) is 3. The van der Waals surface area contributed by atoms with Gasteiger partial charge in [-0.25, -0.2) is 0 Å². The molecule has 34 heavy (non-hydrogen) atoms. The summed E-state index contributed by atoms with van der Waals surface area (Å²) in [5.74, 6) is 2.09. The predicted molar refractivity (Wildman–Crippen MR) is 132 cm³/mol. The van der Waals surface area contributed by atoms with Gasteiger partial charge in [0.25, 0.3) is 0 Å². The standard InChI is InChI=1S/C29H22O4Se/c30-21-11-13-25-27(17-21)33-28-18-22(31-15-6-16-34-23-8-2-1-3-9-23)12-14-26(28)29(25)24-10-5-4-7-20(24)19-32-29/h1-15,17-18,30H,16,19H2/b15-6+/t29-/m0/s1. The Labute approximate surface area is 204 Å². The van der Waals surface area contributed by atoms with Crippen molar-refractivity contribution in [3.63, 3.8) is 0 Å². The van der Waals surface area contributed by atoms with E-state index in [1.165, 1.54) is 4.46 Å². The number of rotatable bonds is 5. The van der Waals surface area contributed by atoms with Crippen LogP contribution in [0.25, 0.3) is 0 Å². The molecule has 0 aromatic heterocycles. The van der Waals surface area contributed by atoms with E-state index in [9.17, 15) is 5.11 Å². The first-order chi connectivity index (χ1) is 16.7. The summed E-state index contributed by atoms with van der Waals surface area (Å²) in [5.41, 5.74) is 3.29. The van der Waals surface area contributed by atoms with Gasteiger partial charge in [0, 0.05) is 0 Å². The quantitative estimate of drug-likeness (QED) is 0.276. The average Bonchev–Trinajstić information content (AvgIpc) is 3.24. The number of allylic oxidation sites excluding steroid dienone is 1. The molecule has 0 unspecified atom stereocenters. The summed E-state index contributed by atoms with van der Waals surface area (Å²) >= 11 is 0.380. The first kappa shape index (κ1) is 21.1. The molecule has 4 nitrogen and oxygen atoms in total. The first-order valence-corrected chi connectivity index (χ1v) is 13.2. The van der Waals surface area contributed by atoms with E-state index in [0.29, 0.717) is 38.8 Å². The molecule has 1 atom stereocenters. The van der Waals surface area contributed by atoms with Crippen LogP contribution >= 0.6 is 0 Å². The maximum atomic E-state index is 10.1. The van der Waals surface area contributed by atoms with E-state index < -0.39 is 5.60 Å². The molecule has 0 aliphatic carbocycles. The second kappa shape index (κ2) is 8.69. The molecule has 6 rings (SSSR count). The molecule has 0 amide bonds. The number of fused-ring (bicyclic) bond motifs is 6. The third kappa shape index (κ3) is 3.59. The van der Waals surface area contributed by atoms with Crippen LogP contribution in [0.2, 0.25) is 5.32 Å². The summed E-state index contributed by atoms with van der Waals surface area (Å²) in [6.07, 6.45) is 3.80. The van der Waals surface area contributed by atoms with Gasteiger partial charge in [0.2, 0.25) is 0 Å². The Hall–Kier alpha value is -3.50. The first-order valence-electron chi connectivity index (χ1n) is 11.1. The molecule has 2 heterocycles. The van der Waals surface area contributed by atoms with Gasteiger partial charge in [-0.1, -0.05) is 6.07 Å². The van der Waals surface area contributed by atoms with E-state index in [1.54, 1.807) is 18.4 Å². The van der Waals surface area contributed by atoms with Gasteiger partial charge in [-0.05, 0) is 0 Å². The Balaban J connectivity index is 1.31. The van der Waals surface area contributed by atoms with Crippen LogP contribution in [0.5, 0.6) is 23.0 Å². The molecule has 0 bridgehead atoms. The molecule has 4 aromatic carbocycles. The van der Waals surface area contributed by atoms with Gasteiger partial charge in [-0.2, -0.15) is 0 Å². The van der Waals surface area contributed by atoms with Crippen molar-refractivity contribution in [1.82, 2.24) is 0 Å². The molecule has 0 saturated heterocycles. The van der Waals surface area contributed by atoms with Crippen molar-refractivity contribution >= 4 is 19.4 Å². The number of aromatic hydroxyl groups is 1. The monoisotopic (exact) mass is 514 g/mol. The minimum absolute atomic E-state index is 0.152. The molecule has 1 N–H and O–H groups in total. The van der Waals surface area contributed by atoms with Crippen LogP contribution in [0.1, 0.15) is 22.3 Å². The summed E-state index contributed by atoms with van der Waals surface area (Å²) in [6.45, 7) is 0.514. The number of phenols is 1. The normalized spacial score (nSPS) is 17.8. The Kier molecular flexibility index (Phi) is 5.38. The van der Waals surface area contributed by atoms with Crippen molar-refractivity contribution in [2.75, 3.05) is 0 Å². The second-order valence-corrected chi connectivity index (χ2v) is 10.5. The fraction of sp³-hybridized carbons (Fsp3) is 0.103. The zero-order chi connectivity index (χ0) is 23.0. The van der Waals surface area contributed by atoms with Gasteiger partial charge in [-0.3, -0.25) is 0 Å². The summed E-state index contributed by atoms with van der Waals surface area (Å²) < 4.78 is 20.0. The maximum absolute atomic E-state index is 10.1. The van der Waals surface area contributed by atoms with Crippen LogP contribution < -0.4 is 13.9 Å². The topological polar surface area (TPSA) is 47.9 Å². The fourth-order valence-electron chi connectivity index (χ4n) is 4.63. The fourth-order valence-corrected chi connectivity index (χ4v) is 6.13. The van der Waals surface area contributed by atoms with Crippen LogP contribution in [-0.2, 0) is 16.9 Å². The van der Waals surface area contributed by atoms with Gasteiger partial charge in [0.15, 0.2) is 0 Å². The van der Waals surface area contributed by atoms with Gasteiger partial charge < -0.3 is 0 Å². The molecule has 0 fully saturated rings. The van der Waals surface area contributed by atoms with E-state index in [1.807, 2.05) is 42.5 Å². The molecule has 168 valence electrons. The van der Waals surface area contributed by atoms with E-state index in [2.05, 4.69) is 42.5 Å². The van der Waals surface area contributed by atoms with Gasteiger partial charge in [0.1, 0.15) is 0 Å². The predicted octanol–water partition coefficient (Wildman–Crippen LogP) is 5.66. The van der Waals surface area contributed by atoms with Crippen LogP contribution in [0.4, 0.5) is 0 Å². The Morgan fingerprint density at radius 1 is 0.853 bits per heavy atom. The van der Waals surface area contributed by atoms with Gasteiger partial charge in [0.05, 0.1) is 0 Å². The van der Waals surface area contributed by atoms with Crippen molar-refractivity contribution in [2.24, 2.45) is 0 Å². The molecule has 5 heteroatoms. The zero-order valence-corrected chi connectivity index (χ0v) is 20.0. The second-order valence-electron chi connectivity index (χ2n) is 8.18. The average molecular weight is 513 g/mol. The van der Waals surface area contributed by atoms with Crippen LogP contribution in [0.3, 0.4) is 0 Å². The summed E-state index contributed by atoms with van der Waals surface area (Å²) in [7, 11) is 0. The van der Waals surface area contributed by atoms with Crippen molar-refractivity contribution in [3.8, 4) is 23.0 Å². The molecule has 4 aromatic rings. The third-order valence-corrected chi connectivity index (χ3v) is 8.15. The van der Waals surface area contributed by atoms with E-state index >= 15 is 0 Å². The zero-order valence-electron chi connectivity index (χ0n) is 18.3. The molecule has 1 spiro atoms. The summed E-state index contributed by atoms with van der Waals surface area (Å²) in [5, 5.41) is 11.1. The van der Waals surface area contributed by atoms with Crippen molar-refractivity contribution in [3.05, 3.63) is 126 Å². The van der Waals surface area contributed by atoms with E-state index in [-0.39, 0.29) is 5.75 Å². The SMILES string of the molecule is Oc1ccc2c(c1)Oc1cc(O/C=C/C[Se]c3ccccc3)ccc1[C@@]21OCc2ccccc21. The van der Waals surface area contributed by atoms with E-state index in [4.69, 9.17) is 14.2 Å². The van der Waals surface area contributed by atoms with Crippen molar-refractivity contribution in [1.29, 1.82) is 0 Å². The molecular weight excluding hydrogens is 491 g/mol. The summed E-state index contributed by atoms with van der Waals surface area (Å²) in [6, 6.07) is 29.8. The van der Waals surface area contributed by atoms with Crippen LogP contribution in [0, 0.1) is 0 Å². The number of phenolic OH excluding ortho intramolecular Hbond substituents is 1. The van der Waals surface area contributed by atoms with Gasteiger partial charge in [-0.15, -0.1) is 0 Å². The van der Waals surface area contributed by atoms with Crippen LogP contribution in [-0.4, -0.2) is 20.1 Å². The molecule has 2 aliphatic heterocycles. The van der Waals surface area contributed by atoms with Crippen molar-refractivity contribution in [2.45, 2.75) is 17.5 Å². The van der Waals surface area contributed by atoms with E-state index in [0.717, 1.165) is 27.6 Å². The number of hydrogen-bond acceptors (Lipinski definition) is 4. The Bertz CT molecular complexity index is 1380. The Morgan fingerprint density at radius 2 is 1.62 bits per heavy atom. The molecule has 2 aliphatic rings. The minimum atomic E-state index is -0.778. The Morgan fingerprint density at radius 3 is 2.50 bits per heavy atom. The number of benzene rings is 4. The molecule has 0 saturated carbocycles.